The molecule has 0 aliphatic rings. The summed E-state index contributed by atoms with van der Waals surface area (Å²) in [6.45, 7) is 4.31. The van der Waals surface area contributed by atoms with Gasteiger partial charge in [0.2, 0.25) is 0 Å². The standard InChI is InChI=1S/C14H22O2/c1-3-4-5-6-7-12(2)16-14-10-8-13(15)9-11-14/h8-12,15H,3-7H2,1-2H3/t12-/m0/s1. The average molecular weight is 222 g/mol. The third-order valence-electron chi connectivity index (χ3n) is 2.64. The molecule has 0 aromatic heterocycles. The van der Waals surface area contributed by atoms with Gasteiger partial charge in [-0.3, -0.25) is 0 Å². The summed E-state index contributed by atoms with van der Waals surface area (Å²) in [6.07, 6.45) is 6.45. The number of phenols is 1. The van der Waals surface area contributed by atoms with Crippen molar-refractivity contribution in [1.82, 2.24) is 0 Å². The summed E-state index contributed by atoms with van der Waals surface area (Å²) >= 11 is 0. The molecule has 0 spiro atoms. The van der Waals surface area contributed by atoms with Crippen molar-refractivity contribution in [3.8, 4) is 11.5 Å². The van der Waals surface area contributed by atoms with Crippen LogP contribution in [0.2, 0.25) is 0 Å². The Bertz CT molecular complexity index is 279. The number of phenolic OH excluding ortho intramolecular Hbond substituents is 1. The number of ether oxygens (including phenoxy) is 1. The minimum Gasteiger partial charge on any atom is -0.508 e. The van der Waals surface area contributed by atoms with E-state index in [-0.39, 0.29) is 11.9 Å². The second-order valence-electron chi connectivity index (χ2n) is 4.27. The van der Waals surface area contributed by atoms with Crippen LogP contribution in [0.3, 0.4) is 0 Å². The molecule has 1 aromatic carbocycles. The van der Waals surface area contributed by atoms with E-state index in [9.17, 15) is 0 Å². The Morgan fingerprint density at radius 3 is 2.44 bits per heavy atom. The number of aromatic hydroxyl groups is 1. The molecule has 0 amide bonds. The minimum atomic E-state index is 0.251. The highest BCUT2D eigenvalue weighted by Crippen LogP contribution is 2.18. The van der Waals surface area contributed by atoms with E-state index in [0.29, 0.717) is 0 Å². The van der Waals surface area contributed by atoms with Gasteiger partial charge < -0.3 is 9.84 Å². The van der Waals surface area contributed by atoms with Crippen LogP contribution < -0.4 is 4.74 Å². The predicted octanol–water partition coefficient (Wildman–Crippen LogP) is 4.13. The van der Waals surface area contributed by atoms with Crippen LogP contribution in [0.15, 0.2) is 24.3 Å². The Morgan fingerprint density at radius 1 is 1.12 bits per heavy atom. The van der Waals surface area contributed by atoms with Gasteiger partial charge in [-0.15, -0.1) is 0 Å². The SMILES string of the molecule is CCCCCC[C@H](C)Oc1ccc(O)cc1. The highest BCUT2D eigenvalue weighted by Gasteiger charge is 2.03. The predicted molar refractivity (Wildman–Crippen MR) is 67.0 cm³/mol. The molecule has 1 atom stereocenters. The Kier molecular flexibility index (Phi) is 5.76. The summed E-state index contributed by atoms with van der Waals surface area (Å²) in [5.41, 5.74) is 0. The van der Waals surface area contributed by atoms with Crippen molar-refractivity contribution in [2.24, 2.45) is 0 Å². The van der Waals surface area contributed by atoms with E-state index >= 15 is 0 Å². The van der Waals surface area contributed by atoms with Crippen LogP contribution in [0.25, 0.3) is 0 Å². The third kappa shape index (κ3) is 5.06. The molecule has 0 aliphatic heterocycles. The molecular formula is C14H22O2. The van der Waals surface area contributed by atoms with Gasteiger partial charge in [0.1, 0.15) is 11.5 Å². The lowest BCUT2D eigenvalue weighted by molar-refractivity contribution is 0.206. The van der Waals surface area contributed by atoms with Gasteiger partial charge >= 0.3 is 0 Å². The molecule has 1 aromatic rings. The van der Waals surface area contributed by atoms with Gasteiger partial charge in [-0.05, 0) is 44.0 Å². The van der Waals surface area contributed by atoms with Crippen molar-refractivity contribution in [1.29, 1.82) is 0 Å². The number of hydrogen-bond donors (Lipinski definition) is 1. The van der Waals surface area contributed by atoms with E-state index in [1.165, 1.54) is 25.7 Å². The fraction of sp³-hybridized carbons (Fsp3) is 0.571. The lowest BCUT2D eigenvalue weighted by atomic mass is 10.1. The Labute approximate surface area is 98.3 Å². The normalized spacial score (nSPS) is 12.4. The summed E-state index contributed by atoms with van der Waals surface area (Å²) < 4.78 is 5.74. The maximum absolute atomic E-state index is 9.14. The number of benzene rings is 1. The first-order chi connectivity index (χ1) is 7.72. The minimum absolute atomic E-state index is 0.251. The van der Waals surface area contributed by atoms with E-state index in [1.807, 2.05) is 0 Å². The van der Waals surface area contributed by atoms with Crippen molar-refractivity contribution in [3.05, 3.63) is 24.3 Å². The average Bonchev–Trinajstić information content (AvgIpc) is 2.28. The highest BCUT2D eigenvalue weighted by molar-refractivity contribution is 5.30. The Morgan fingerprint density at radius 2 is 1.81 bits per heavy atom. The topological polar surface area (TPSA) is 29.5 Å². The summed E-state index contributed by atoms with van der Waals surface area (Å²) in [6, 6.07) is 6.91. The van der Waals surface area contributed by atoms with Crippen molar-refractivity contribution in [2.75, 3.05) is 0 Å². The van der Waals surface area contributed by atoms with Gasteiger partial charge in [0.05, 0.1) is 6.10 Å². The molecule has 1 N–H and O–H groups in total. The lowest BCUT2D eigenvalue weighted by Gasteiger charge is -2.14. The van der Waals surface area contributed by atoms with Crippen LogP contribution in [0.1, 0.15) is 46.0 Å². The van der Waals surface area contributed by atoms with Gasteiger partial charge in [0, 0.05) is 0 Å². The van der Waals surface area contributed by atoms with Crippen molar-refractivity contribution in [3.63, 3.8) is 0 Å². The quantitative estimate of drug-likeness (QED) is 0.703. The molecule has 1 rings (SSSR count). The summed E-state index contributed by atoms with van der Waals surface area (Å²) in [4.78, 5) is 0. The lowest BCUT2D eigenvalue weighted by Crippen LogP contribution is -2.11. The van der Waals surface area contributed by atoms with Gasteiger partial charge in [-0.2, -0.15) is 0 Å². The van der Waals surface area contributed by atoms with Crippen LogP contribution in [0, 0.1) is 0 Å². The highest BCUT2D eigenvalue weighted by atomic mass is 16.5. The van der Waals surface area contributed by atoms with Crippen LogP contribution in [-0.2, 0) is 0 Å². The van der Waals surface area contributed by atoms with Crippen molar-refractivity contribution in [2.45, 2.75) is 52.1 Å². The number of rotatable bonds is 7. The van der Waals surface area contributed by atoms with Crippen LogP contribution in [-0.4, -0.2) is 11.2 Å². The largest absolute Gasteiger partial charge is 0.508 e. The van der Waals surface area contributed by atoms with E-state index < -0.39 is 0 Å². The number of unbranched alkanes of at least 4 members (excludes halogenated alkanes) is 3. The second-order valence-corrected chi connectivity index (χ2v) is 4.27. The van der Waals surface area contributed by atoms with Crippen molar-refractivity contribution < 1.29 is 9.84 Å². The van der Waals surface area contributed by atoms with E-state index in [4.69, 9.17) is 9.84 Å². The molecule has 0 radical (unpaired) electrons. The van der Waals surface area contributed by atoms with Gasteiger partial charge in [-0.25, -0.2) is 0 Å². The summed E-state index contributed by atoms with van der Waals surface area (Å²) in [5, 5.41) is 9.14. The molecule has 0 unspecified atom stereocenters. The fourth-order valence-corrected chi connectivity index (χ4v) is 1.67. The van der Waals surface area contributed by atoms with E-state index in [2.05, 4.69) is 13.8 Å². The van der Waals surface area contributed by atoms with E-state index in [0.717, 1.165) is 12.2 Å². The summed E-state index contributed by atoms with van der Waals surface area (Å²) in [7, 11) is 0. The molecule has 0 aliphatic carbocycles. The summed E-state index contributed by atoms with van der Waals surface area (Å²) in [5.74, 6) is 1.11. The second kappa shape index (κ2) is 7.15. The Balaban J connectivity index is 2.23. The molecule has 16 heavy (non-hydrogen) atoms. The zero-order valence-electron chi connectivity index (χ0n) is 10.3. The first kappa shape index (κ1) is 12.9. The molecule has 2 nitrogen and oxygen atoms in total. The van der Waals surface area contributed by atoms with Crippen LogP contribution >= 0.6 is 0 Å². The molecule has 2 heteroatoms. The fourth-order valence-electron chi connectivity index (χ4n) is 1.67. The molecule has 0 heterocycles. The maximum atomic E-state index is 9.14. The molecule has 0 bridgehead atoms. The zero-order chi connectivity index (χ0) is 11.8. The maximum Gasteiger partial charge on any atom is 0.119 e. The van der Waals surface area contributed by atoms with E-state index in [1.54, 1.807) is 24.3 Å². The monoisotopic (exact) mass is 222 g/mol. The zero-order valence-corrected chi connectivity index (χ0v) is 10.3. The smallest absolute Gasteiger partial charge is 0.119 e. The van der Waals surface area contributed by atoms with Gasteiger partial charge in [-0.1, -0.05) is 26.2 Å². The number of hydrogen-bond acceptors (Lipinski definition) is 2. The molecule has 90 valence electrons. The Hall–Kier alpha value is -1.18. The van der Waals surface area contributed by atoms with Crippen LogP contribution in [0.4, 0.5) is 0 Å². The molecule has 0 fully saturated rings. The first-order valence-corrected chi connectivity index (χ1v) is 6.18. The van der Waals surface area contributed by atoms with Crippen molar-refractivity contribution >= 4 is 0 Å². The van der Waals surface area contributed by atoms with Gasteiger partial charge in [0.15, 0.2) is 0 Å². The molecule has 0 saturated heterocycles. The van der Waals surface area contributed by atoms with Crippen LogP contribution in [0.5, 0.6) is 11.5 Å². The molecular weight excluding hydrogens is 200 g/mol. The van der Waals surface area contributed by atoms with Gasteiger partial charge in [0.25, 0.3) is 0 Å². The third-order valence-corrected chi connectivity index (χ3v) is 2.64. The first-order valence-electron chi connectivity index (χ1n) is 6.18. The molecule has 0 saturated carbocycles.